The van der Waals surface area contributed by atoms with Gasteiger partial charge < -0.3 is 5.73 Å². The Morgan fingerprint density at radius 2 is 2.06 bits per heavy atom. The molecule has 2 N–H and O–H groups in total. The van der Waals surface area contributed by atoms with Crippen molar-refractivity contribution in [2.45, 2.75) is 32.6 Å². The Morgan fingerprint density at radius 1 is 1.29 bits per heavy atom. The van der Waals surface area contributed by atoms with E-state index >= 15 is 0 Å². The van der Waals surface area contributed by atoms with Crippen molar-refractivity contribution < 1.29 is 0 Å². The number of anilines is 1. The number of rotatable bonds is 2. The SMILES string of the molecule is Cc1ccc(-n2ncc(N)c2C2CC2)c(C)c1. The number of hydrogen-bond acceptors (Lipinski definition) is 2. The fourth-order valence-corrected chi connectivity index (χ4v) is 2.37. The van der Waals surface area contributed by atoms with Gasteiger partial charge in [-0.25, -0.2) is 4.68 Å². The zero-order valence-electron chi connectivity index (χ0n) is 10.3. The minimum absolute atomic E-state index is 0.609. The molecule has 0 atom stereocenters. The smallest absolute Gasteiger partial charge is 0.0740 e. The van der Waals surface area contributed by atoms with E-state index in [4.69, 9.17) is 5.73 Å². The van der Waals surface area contributed by atoms with E-state index in [1.165, 1.54) is 29.7 Å². The molecule has 2 aromatic rings. The lowest BCUT2D eigenvalue weighted by molar-refractivity contribution is 0.803. The van der Waals surface area contributed by atoms with Gasteiger partial charge in [0.15, 0.2) is 0 Å². The Labute approximate surface area is 101 Å². The molecule has 0 aliphatic heterocycles. The van der Waals surface area contributed by atoms with Gasteiger partial charge in [-0.05, 0) is 38.3 Å². The number of benzene rings is 1. The Balaban J connectivity index is 2.14. The van der Waals surface area contributed by atoms with Crippen LogP contribution in [0.1, 0.15) is 35.6 Å². The zero-order valence-corrected chi connectivity index (χ0v) is 10.3. The van der Waals surface area contributed by atoms with E-state index in [0.717, 1.165) is 11.4 Å². The third-order valence-electron chi connectivity index (χ3n) is 3.38. The summed E-state index contributed by atoms with van der Waals surface area (Å²) in [5.41, 5.74) is 11.7. The van der Waals surface area contributed by atoms with Crippen LogP contribution in [0.4, 0.5) is 5.69 Å². The second-order valence-corrected chi connectivity index (χ2v) is 4.96. The third kappa shape index (κ3) is 1.71. The molecule has 88 valence electrons. The van der Waals surface area contributed by atoms with E-state index in [2.05, 4.69) is 37.1 Å². The summed E-state index contributed by atoms with van der Waals surface area (Å²) in [5.74, 6) is 0.609. The van der Waals surface area contributed by atoms with Crippen molar-refractivity contribution in [3.05, 3.63) is 41.2 Å². The molecule has 3 heteroatoms. The maximum atomic E-state index is 6.02. The molecule has 0 radical (unpaired) electrons. The molecule has 1 aromatic carbocycles. The van der Waals surface area contributed by atoms with Crippen molar-refractivity contribution >= 4 is 5.69 Å². The highest BCUT2D eigenvalue weighted by Gasteiger charge is 2.30. The number of aromatic nitrogens is 2. The lowest BCUT2D eigenvalue weighted by Gasteiger charge is -2.11. The highest BCUT2D eigenvalue weighted by molar-refractivity contribution is 5.51. The Kier molecular flexibility index (Phi) is 2.21. The third-order valence-corrected chi connectivity index (χ3v) is 3.38. The minimum atomic E-state index is 0.609. The molecule has 1 fully saturated rings. The molecular weight excluding hydrogens is 210 g/mol. The number of nitrogen functional groups attached to an aromatic ring is 1. The molecule has 0 bridgehead atoms. The number of nitrogens with zero attached hydrogens (tertiary/aromatic N) is 2. The molecule has 0 spiro atoms. The van der Waals surface area contributed by atoms with Crippen LogP contribution in [0, 0.1) is 13.8 Å². The van der Waals surface area contributed by atoms with Crippen molar-refractivity contribution in [2.24, 2.45) is 0 Å². The van der Waals surface area contributed by atoms with E-state index < -0.39 is 0 Å². The fourth-order valence-electron chi connectivity index (χ4n) is 2.37. The van der Waals surface area contributed by atoms with E-state index in [9.17, 15) is 0 Å². The first kappa shape index (κ1) is 10.4. The predicted molar refractivity (Wildman–Crippen MR) is 69.4 cm³/mol. The number of hydrogen-bond donors (Lipinski definition) is 1. The van der Waals surface area contributed by atoms with Crippen LogP contribution in [0.2, 0.25) is 0 Å². The Morgan fingerprint density at radius 3 is 2.71 bits per heavy atom. The molecule has 1 heterocycles. The van der Waals surface area contributed by atoms with Gasteiger partial charge >= 0.3 is 0 Å². The van der Waals surface area contributed by atoms with Gasteiger partial charge in [-0.3, -0.25) is 0 Å². The summed E-state index contributed by atoms with van der Waals surface area (Å²) in [7, 11) is 0. The van der Waals surface area contributed by atoms with Crippen molar-refractivity contribution in [1.29, 1.82) is 0 Å². The maximum absolute atomic E-state index is 6.02. The van der Waals surface area contributed by atoms with E-state index in [-0.39, 0.29) is 0 Å². The fraction of sp³-hybridized carbons (Fsp3) is 0.357. The van der Waals surface area contributed by atoms with Crippen LogP contribution in [0.15, 0.2) is 24.4 Å². The lowest BCUT2D eigenvalue weighted by Crippen LogP contribution is -2.04. The Hall–Kier alpha value is -1.77. The Bertz CT molecular complexity index is 565. The highest BCUT2D eigenvalue weighted by atomic mass is 15.3. The van der Waals surface area contributed by atoms with Crippen molar-refractivity contribution in [1.82, 2.24) is 9.78 Å². The van der Waals surface area contributed by atoms with Gasteiger partial charge in [0.05, 0.1) is 23.3 Å². The normalized spacial score (nSPS) is 15.2. The van der Waals surface area contributed by atoms with Crippen LogP contribution < -0.4 is 5.73 Å². The quantitative estimate of drug-likeness (QED) is 0.857. The van der Waals surface area contributed by atoms with Gasteiger partial charge in [0, 0.05) is 5.92 Å². The van der Waals surface area contributed by atoms with Crippen LogP contribution in [-0.4, -0.2) is 9.78 Å². The van der Waals surface area contributed by atoms with Crippen LogP contribution in [0.3, 0.4) is 0 Å². The first-order chi connectivity index (χ1) is 8.16. The zero-order chi connectivity index (χ0) is 12.0. The first-order valence-corrected chi connectivity index (χ1v) is 6.08. The summed E-state index contributed by atoms with van der Waals surface area (Å²) in [6.45, 7) is 4.23. The van der Waals surface area contributed by atoms with Gasteiger partial charge in [-0.1, -0.05) is 17.7 Å². The standard InChI is InChI=1S/C14H17N3/c1-9-3-6-13(10(2)7-9)17-14(11-4-5-11)12(15)8-16-17/h3,6-8,11H,4-5,15H2,1-2H3. The molecule has 1 aliphatic rings. The molecule has 0 saturated heterocycles. The topological polar surface area (TPSA) is 43.8 Å². The van der Waals surface area contributed by atoms with Crippen LogP contribution in [0.5, 0.6) is 0 Å². The van der Waals surface area contributed by atoms with E-state index in [1.54, 1.807) is 6.20 Å². The largest absolute Gasteiger partial charge is 0.396 e. The summed E-state index contributed by atoms with van der Waals surface area (Å²) < 4.78 is 2.02. The minimum Gasteiger partial charge on any atom is -0.396 e. The van der Waals surface area contributed by atoms with Crippen molar-refractivity contribution in [3.63, 3.8) is 0 Å². The second-order valence-electron chi connectivity index (χ2n) is 4.96. The number of nitrogens with two attached hydrogens (primary N) is 1. The van der Waals surface area contributed by atoms with Gasteiger partial charge in [-0.2, -0.15) is 5.10 Å². The molecule has 1 aromatic heterocycles. The van der Waals surface area contributed by atoms with Gasteiger partial charge in [-0.15, -0.1) is 0 Å². The van der Waals surface area contributed by atoms with Gasteiger partial charge in [0.1, 0.15) is 0 Å². The molecule has 1 aliphatic carbocycles. The summed E-state index contributed by atoms with van der Waals surface area (Å²) in [6.07, 6.45) is 4.24. The molecule has 0 amide bonds. The second kappa shape index (κ2) is 3.62. The van der Waals surface area contributed by atoms with Crippen LogP contribution >= 0.6 is 0 Å². The summed E-state index contributed by atoms with van der Waals surface area (Å²) in [5, 5.41) is 4.43. The monoisotopic (exact) mass is 227 g/mol. The average molecular weight is 227 g/mol. The molecule has 3 nitrogen and oxygen atoms in total. The van der Waals surface area contributed by atoms with Gasteiger partial charge in [0.2, 0.25) is 0 Å². The molecular formula is C14H17N3. The summed E-state index contributed by atoms with van der Waals surface area (Å²) >= 11 is 0. The average Bonchev–Trinajstić information content (AvgIpc) is 3.03. The van der Waals surface area contributed by atoms with Crippen LogP contribution in [-0.2, 0) is 0 Å². The highest BCUT2D eigenvalue weighted by Crippen LogP contribution is 2.43. The maximum Gasteiger partial charge on any atom is 0.0740 e. The molecule has 3 rings (SSSR count). The van der Waals surface area contributed by atoms with Gasteiger partial charge in [0.25, 0.3) is 0 Å². The van der Waals surface area contributed by atoms with Crippen LogP contribution in [0.25, 0.3) is 5.69 Å². The lowest BCUT2D eigenvalue weighted by atomic mass is 10.1. The van der Waals surface area contributed by atoms with E-state index in [1.807, 2.05) is 4.68 Å². The molecule has 0 unspecified atom stereocenters. The first-order valence-electron chi connectivity index (χ1n) is 6.08. The van der Waals surface area contributed by atoms with Crippen molar-refractivity contribution in [2.75, 3.05) is 5.73 Å². The predicted octanol–water partition coefficient (Wildman–Crippen LogP) is 2.95. The number of aryl methyl sites for hydroxylation is 2. The summed E-state index contributed by atoms with van der Waals surface area (Å²) in [4.78, 5) is 0. The van der Waals surface area contributed by atoms with E-state index in [0.29, 0.717) is 5.92 Å². The van der Waals surface area contributed by atoms with Crippen molar-refractivity contribution in [3.8, 4) is 5.69 Å². The molecule has 17 heavy (non-hydrogen) atoms. The molecule has 1 saturated carbocycles. The summed E-state index contributed by atoms with van der Waals surface area (Å²) in [6, 6.07) is 6.43.